The number of hydrogen-bond donors (Lipinski definition) is 3. The molecular weight excluding hydrogens is 294 g/mol. The van der Waals surface area contributed by atoms with Crippen molar-refractivity contribution in [2.45, 2.75) is 6.42 Å². The first kappa shape index (κ1) is 15.3. The number of benzene rings is 1. The summed E-state index contributed by atoms with van der Waals surface area (Å²) < 4.78 is 0. The van der Waals surface area contributed by atoms with Crippen molar-refractivity contribution in [1.29, 1.82) is 0 Å². The Morgan fingerprint density at radius 1 is 1.00 bits per heavy atom. The van der Waals surface area contributed by atoms with Gasteiger partial charge in [-0.2, -0.15) is 0 Å². The molecule has 1 aliphatic rings. The lowest BCUT2D eigenvalue weighted by Crippen LogP contribution is -2.53. The fourth-order valence-electron chi connectivity index (χ4n) is 2.04. The Labute approximate surface area is 124 Å². The molecule has 2 amide bonds. The summed E-state index contributed by atoms with van der Waals surface area (Å²) in [6.07, 6.45) is -2.29. The summed E-state index contributed by atoms with van der Waals surface area (Å²) >= 11 is 0. The third-order valence-electron chi connectivity index (χ3n) is 3.03. The summed E-state index contributed by atoms with van der Waals surface area (Å²) in [7, 11) is 0. The Balaban J connectivity index is 2.46. The van der Waals surface area contributed by atoms with Crippen LogP contribution < -0.4 is 0 Å². The van der Waals surface area contributed by atoms with E-state index in [1.54, 1.807) is 0 Å². The van der Waals surface area contributed by atoms with Gasteiger partial charge >= 0.3 is 18.2 Å². The van der Waals surface area contributed by atoms with Crippen LogP contribution in [0.4, 0.5) is 15.3 Å². The molecule has 1 fully saturated rings. The van der Waals surface area contributed by atoms with Gasteiger partial charge in [-0.05, 0) is 24.6 Å². The smallest absolute Gasteiger partial charge is 0.414 e. The summed E-state index contributed by atoms with van der Waals surface area (Å²) in [5, 5.41) is 27.3. The number of carbonyl (C=O) groups is 3. The topological polar surface area (TPSA) is 131 Å². The molecule has 0 unspecified atom stereocenters. The average Bonchev–Trinajstić information content (AvgIpc) is 2.47. The second-order valence-corrected chi connectivity index (χ2v) is 4.49. The maximum atomic E-state index is 11.2. The first-order valence-electron chi connectivity index (χ1n) is 6.33. The number of guanidine groups is 1. The highest BCUT2D eigenvalue weighted by atomic mass is 16.4. The Hall–Kier alpha value is -3.10. The molecule has 0 aliphatic carbocycles. The number of hydrogen-bond acceptors (Lipinski definition) is 4. The quantitative estimate of drug-likeness (QED) is 0.762. The van der Waals surface area contributed by atoms with Gasteiger partial charge in [0.1, 0.15) is 0 Å². The van der Waals surface area contributed by atoms with Crippen molar-refractivity contribution < 1.29 is 29.7 Å². The van der Waals surface area contributed by atoms with E-state index in [0.29, 0.717) is 6.42 Å². The predicted molar refractivity (Wildman–Crippen MR) is 74.6 cm³/mol. The first-order chi connectivity index (χ1) is 10.4. The molecule has 0 radical (unpaired) electrons. The zero-order chi connectivity index (χ0) is 16.3. The summed E-state index contributed by atoms with van der Waals surface area (Å²) in [5.41, 5.74) is 0.135. The number of rotatable bonds is 2. The Bertz CT molecular complexity index is 633. The molecule has 2 rings (SSSR count). The Kier molecular flexibility index (Phi) is 4.25. The third-order valence-corrected chi connectivity index (χ3v) is 3.03. The number of nitrogens with zero attached hydrogens (tertiary/aromatic N) is 3. The molecule has 0 saturated carbocycles. The Morgan fingerprint density at radius 3 is 2.09 bits per heavy atom. The van der Waals surface area contributed by atoms with Gasteiger partial charge in [0.15, 0.2) is 0 Å². The largest absolute Gasteiger partial charge is 0.478 e. The van der Waals surface area contributed by atoms with Crippen LogP contribution in [0.1, 0.15) is 16.8 Å². The van der Waals surface area contributed by atoms with Gasteiger partial charge in [-0.25, -0.2) is 29.2 Å². The maximum absolute atomic E-state index is 11.2. The molecule has 1 aliphatic heterocycles. The summed E-state index contributed by atoms with van der Waals surface area (Å²) in [5.74, 6) is -1.41. The molecule has 1 heterocycles. The van der Waals surface area contributed by atoms with Crippen LogP contribution >= 0.6 is 0 Å². The molecular formula is C13H13N3O6. The maximum Gasteiger partial charge on any atom is 0.414 e. The van der Waals surface area contributed by atoms with Crippen LogP contribution in [-0.2, 0) is 0 Å². The van der Waals surface area contributed by atoms with Crippen LogP contribution in [-0.4, -0.2) is 62.3 Å². The van der Waals surface area contributed by atoms with E-state index in [4.69, 9.17) is 15.3 Å². The van der Waals surface area contributed by atoms with Crippen molar-refractivity contribution >= 4 is 29.8 Å². The van der Waals surface area contributed by atoms with E-state index in [2.05, 4.69) is 4.99 Å². The van der Waals surface area contributed by atoms with Gasteiger partial charge in [0, 0.05) is 13.1 Å². The van der Waals surface area contributed by atoms with E-state index in [-0.39, 0.29) is 30.3 Å². The standard InChI is InChI=1S/C13H13N3O6/c17-10(18)8-3-1-4-9(7-8)14-11-15(12(19)20)5-2-6-16(11)13(21)22/h1,3-4,7H,2,5-6H2,(H,17,18)(H,19,20)(H,21,22). The molecule has 22 heavy (non-hydrogen) atoms. The second-order valence-electron chi connectivity index (χ2n) is 4.49. The number of amides is 2. The van der Waals surface area contributed by atoms with Crippen molar-refractivity contribution in [2.24, 2.45) is 4.99 Å². The molecule has 9 nitrogen and oxygen atoms in total. The van der Waals surface area contributed by atoms with Crippen molar-refractivity contribution in [2.75, 3.05) is 13.1 Å². The van der Waals surface area contributed by atoms with Gasteiger partial charge in [0.2, 0.25) is 5.96 Å². The van der Waals surface area contributed by atoms with E-state index >= 15 is 0 Å². The molecule has 1 aromatic rings. The molecule has 9 heteroatoms. The zero-order valence-electron chi connectivity index (χ0n) is 11.3. The molecule has 0 bridgehead atoms. The normalized spacial score (nSPS) is 14.6. The van der Waals surface area contributed by atoms with Crippen molar-refractivity contribution in [1.82, 2.24) is 9.80 Å². The second kappa shape index (κ2) is 6.12. The lowest BCUT2D eigenvalue weighted by molar-refractivity contribution is 0.0696. The minimum Gasteiger partial charge on any atom is -0.478 e. The molecule has 0 spiro atoms. The van der Waals surface area contributed by atoms with Gasteiger partial charge < -0.3 is 15.3 Å². The van der Waals surface area contributed by atoms with Crippen LogP contribution in [0.3, 0.4) is 0 Å². The molecule has 1 saturated heterocycles. The van der Waals surface area contributed by atoms with E-state index in [1.165, 1.54) is 24.3 Å². The minimum atomic E-state index is -1.32. The highest BCUT2D eigenvalue weighted by molar-refractivity contribution is 6.02. The van der Waals surface area contributed by atoms with E-state index in [1.807, 2.05) is 0 Å². The number of aliphatic imine (C=N–C) groups is 1. The van der Waals surface area contributed by atoms with Gasteiger partial charge in [-0.3, -0.25) is 0 Å². The average molecular weight is 307 g/mol. The highest BCUT2D eigenvalue weighted by Gasteiger charge is 2.32. The Morgan fingerprint density at radius 2 is 1.59 bits per heavy atom. The van der Waals surface area contributed by atoms with Crippen LogP contribution in [0.25, 0.3) is 0 Å². The molecule has 0 aromatic heterocycles. The van der Waals surface area contributed by atoms with Gasteiger partial charge in [-0.15, -0.1) is 0 Å². The first-order valence-corrected chi connectivity index (χ1v) is 6.33. The van der Waals surface area contributed by atoms with E-state index in [0.717, 1.165) is 9.80 Å². The van der Waals surface area contributed by atoms with Gasteiger partial charge in [-0.1, -0.05) is 6.07 Å². The van der Waals surface area contributed by atoms with E-state index < -0.39 is 18.2 Å². The monoisotopic (exact) mass is 307 g/mol. The van der Waals surface area contributed by atoms with Crippen LogP contribution in [0.5, 0.6) is 0 Å². The molecule has 0 atom stereocenters. The third kappa shape index (κ3) is 3.14. The zero-order valence-corrected chi connectivity index (χ0v) is 11.3. The van der Waals surface area contributed by atoms with Gasteiger partial charge in [0.05, 0.1) is 11.3 Å². The molecule has 3 N–H and O–H groups in total. The minimum absolute atomic E-state index is 0.0265. The van der Waals surface area contributed by atoms with Crippen LogP contribution in [0, 0.1) is 0 Å². The fraction of sp³-hybridized carbons (Fsp3) is 0.231. The van der Waals surface area contributed by atoms with Crippen molar-refractivity contribution in [3.05, 3.63) is 29.8 Å². The van der Waals surface area contributed by atoms with Crippen molar-refractivity contribution in [3.8, 4) is 0 Å². The van der Waals surface area contributed by atoms with Gasteiger partial charge in [0.25, 0.3) is 0 Å². The molecule has 1 aromatic carbocycles. The molecule has 116 valence electrons. The van der Waals surface area contributed by atoms with E-state index in [9.17, 15) is 14.4 Å². The fourth-order valence-corrected chi connectivity index (χ4v) is 2.04. The van der Waals surface area contributed by atoms with Crippen molar-refractivity contribution in [3.63, 3.8) is 0 Å². The lowest BCUT2D eigenvalue weighted by Gasteiger charge is -2.33. The van der Waals surface area contributed by atoms with Crippen LogP contribution in [0.2, 0.25) is 0 Å². The summed E-state index contributed by atoms with van der Waals surface area (Å²) in [6, 6.07) is 5.51. The predicted octanol–water partition coefficient (Wildman–Crippen LogP) is 1.74. The number of carboxylic acid groups (broad SMARTS) is 3. The number of aromatic carboxylic acids is 1. The number of carboxylic acids is 1. The summed E-state index contributed by atoms with van der Waals surface area (Å²) in [6.45, 7) is 0.243. The SMILES string of the molecule is O=C(O)c1cccc(N=C2N(C(=O)O)CCCN2C(=O)O)c1. The summed E-state index contributed by atoms with van der Waals surface area (Å²) in [4.78, 5) is 39.1. The van der Waals surface area contributed by atoms with Crippen LogP contribution in [0.15, 0.2) is 29.3 Å². The highest BCUT2D eigenvalue weighted by Crippen LogP contribution is 2.19. The lowest BCUT2D eigenvalue weighted by atomic mass is 10.2.